The van der Waals surface area contributed by atoms with Crippen LogP contribution in [0.25, 0.3) is 6.08 Å². The maximum atomic E-state index is 12.2. The van der Waals surface area contributed by atoms with Crippen LogP contribution in [0.15, 0.2) is 46.9 Å². The molecule has 0 radical (unpaired) electrons. The predicted molar refractivity (Wildman–Crippen MR) is 125 cm³/mol. The number of carbonyl (C=O) groups is 1. The van der Waals surface area contributed by atoms with Crippen molar-refractivity contribution < 1.29 is 18.7 Å². The molecule has 1 aromatic heterocycles. The normalized spacial score (nSPS) is 21.2. The van der Waals surface area contributed by atoms with Crippen molar-refractivity contribution in [1.82, 2.24) is 10.2 Å². The predicted octanol–water partition coefficient (Wildman–Crippen LogP) is 4.22. The van der Waals surface area contributed by atoms with Crippen LogP contribution in [0.1, 0.15) is 49.2 Å². The van der Waals surface area contributed by atoms with E-state index in [1.807, 2.05) is 36.4 Å². The molecule has 1 saturated carbocycles. The zero-order valence-electron chi connectivity index (χ0n) is 19.1. The van der Waals surface area contributed by atoms with Crippen molar-refractivity contribution in [3.63, 3.8) is 0 Å². The second kappa shape index (κ2) is 10.8. The number of rotatable bonds is 10. The summed E-state index contributed by atoms with van der Waals surface area (Å²) in [5.74, 6) is 3.66. The number of nitrogens with zero attached hydrogens (tertiary/aromatic N) is 1. The second-order valence-electron chi connectivity index (χ2n) is 8.93. The number of amides is 1. The average Bonchev–Trinajstić information content (AvgIpc) is 3.36. The zero-order valence-corrected chi connectivity index (χ0v) is 19.1. The van der Waals surface area contributed by atoms with E-state index < -0.39 is 0 Å². The van der Waals surface area contributed by atoms with E-state index in [0.717, 1.165) is 55.4 Å². The molecule has 1 amide bonds. The van der Waals surface area contributed by atoms with Gasteiger partial charge in [0.05, 0.1) is 0 Å². The first-order valence-corrected chi connectivity index (χ1v) is 11.6. The van der Waals surface area contributed by atoms with E-state index in [2.05, 4.69) is 24.2 Å². The quantitative estimate of drug-likeness (QED) is 0.563. The molecule has 1 aliphatic carbocycles. The third-order valence-electron chi connectivity index (χ3n) is 6.41. The molecule has 2 atom stereocenters. The van der Waals surface area contributed by atoms with Crippen LogP contribution in [0.2, 0.25) is 0 Å². The third kappa shape index (κ3) is 6.47. The standard InChI is InChI=1S/C26H34N2O4/c1-19-16-24(19)25-8-6-22(32-25)7-9-26(29)27-18-20-4-3-5-23(17-20)31-15-12-28(2)21-10-13-30-14-11-21/h3-9,17,19,21,24H,10-16,18H2,1-2H3,(H,27,29)/b9-7+. The molecule has 1 N–H and O–H groups in total. The number of benzene rings is 1. The minimum absolute atomic E-state index is 0.146. The fourth-order valence-electron chi connectivity index (χ4n) is 4.14. The molecule has 6 heteroatoms. The summed E-state index contributed by atoms with van der Waals surface area (Å²) in [5.41, 5.74) is 1.00. The second-order valence-corrected chi connectivity index (χ2v) is 8.93. The SMILES string of the molecule is CC1CC1c1ccc(/C=C/C(=O)NCc2cccc(OCCN(C)C3CCOCC3)c2)o1. The first kappa shape index (κ1) is 22.6. The van der Waals surface area contributed by atoms with Gasteiger partial charge in [-0.1, -0.05) is 19.1 Å². The molecule has 1 aliphatic heterocycles. The van der Waals surface area contributed by atoms with Crippen LogP contribution in [0.4, 0.5) is 0 Å². The lowest BCUT2D eigenvalue weighted by Crippen LogP contribution is -2.38. The number of ether oxygens (including phenoxy) is 2. The Labute approximate surface area is 190 Å². The topological polar surface area (TPSA) is 63.9 Å². The summed E-state index contributed by atoms with van der Waals surface area (Å²) in [4.78, 5) is 14.5. The number of nitrogens with one attached hydrogen (secondary N) is 1. The highest BCUT2D eigenvalue weighted by Crippen LogP contribution is 2.47. The molecule has 1 aromatic carbocycles. The van der Waals surface area contributed by atoms with Crippen LogP contribution >= 0.6 is 0 Å². The summed E-state index contributed by atoms with van der Waals surface area (Å²) in [7, 11) is 2.15. The van der Waals surface area contributed by atoms with Crippen LogP contribution < -0.4 is 10.1 Å². The molecule has 0 spiro atoms. The van der Waals surface area contributed by atoms with Crippen LogP contribution in [-0.4, -0.2) is 50.3 Å². The van der Waals surface area contributed by atoms with Gasteiger partial charge in [-0.25, -0.2) is 0 Å². The first-order chi connectivity index (χ1) is 15.6. The summed E-state index contributed by atoms with van der Waals surface area (Å²) < 4.78 is 17.2. The van der Waals surface area contributed by atoms with Gasteiger partial charge in [-0.2, -0.15) is 0 Å². The lowest BCUT2D eigenvalue weighted by Gasteiger charge is -2.31. The first-order valence-electron chi connectivity index (χ1n) is 11.6. The molecule has 4 rings (SSSR count). The summed E-state index contributed by atoms with van der Waals surface area (Å²) >= 11 is 0. The van der Waals surface area contributed by atoms with Crippen LogP contribution in [0.5, 0.6) is 5.75 Å². The Morgan fingerprint density at radius 2 is 2.06 bits per heavy atom. The molecule has 2 aromatic rings. The van der Waals surface area contributed by atoms with Gasteiger partial charge in [0.1, 0.15) is 23.9 Å². The van der Waals surface area contributed by atoms with Crippen molar-refractivity contribution >= 4 is 12.0 Å². The summed E-state index contributed by atoms with van der Waals surface area (Å²) in [5, 5.41) is 2.92. The van der Waals surface area contributed by atoms with Gasteiger partial charge in [0.25, 0.3) is 0 Å². The van der Waals surface area contributed by atoms with E-state index in [0.29, 0.717) is 31.0 Å². The maximum Gasteiger partial charge on any atom is 0.244 e. The third-order valence-corrected chi connectivity index (χ3v) is 6.41. The molecular weight excluding hydrogens is 404 g/mol. The highest BCUT2D eigenvalue weighted by Gasteiger charge is 2.36. The molecule has 6 nitrogen and oxygen atoms in total. The van der Waals surface area contributed by atoms with E-state index in [1.54, 1.807) is 6.08 Å². The van der Waals surface area contributed by atoms with E-state index in [9.17, 15) is 4.79 Å². The smallest absolute Gasteiger partial charge is 0.244 e. The van der Waals surface area contributed by atoms with E-state index in [-0.39, 0.29) is 5.91 Å². The van der Waals surface area contributed by atoms with Crippen molar-refractivity contribution in [1.29, 1.82) is 0 Å². The van der Waals surface area contributed by atoms with Gasteiger partial charge >= 0.3 is 0 Å². The van der Waals surface area contributed by atoms with Gasteiger partial charge in [0.15, 0.2) is 0 Å². The maximum absolute atomic E-state index is 12.2. The Hall–Kier alpha value is -2.57. The van der Waals surface area contributed by atoms with Gasteiger partial charge in [-0.05, 0) is 68.1 Å². The minimum Gasteiger partial charge on any atom is -0.492 e. The Balaban J connectivity index is 1.18. The Morgan fingerprint density at radius 1 is 1.25 bits per heavy atom. The molecule has 2 heterocycles. The number of furan rings is 1. The summed E-state index contributed by atoms with van der Waals surface area (Å²) in [6, 6.07) is 12.4. The Kier molecular flexibility index (Phi) is 7.66. The largest absolute Gasteiger partial charge is 0.492 e. The molecule has 172 valence electrons. The molecule has 2 unspecified atom stereocenters. The van der Waals surface area contributed by atoms with Crippen molar-refractivity contribution in [2.75, 3.05) is 33.4 Å². The van der Waals surface area contributed by atoms with Crippen LogP contribution in [-0.2, 0) is 16.1 Å². The highest BCUT2D eigenvalue weighted by molar-refractivity contribution is 5.91. The van der Waals surface area contributed by atoms with Crippen molar-refractivity contribution in [3.05, 3.63) is 59.6 Å². The molecule has 32 heavy (non-hydrogen) atoms. The molecular formula is C26H34N2O4. The minimum atomic E-state index is -0.146. The fourth-order valence-corrected chi connectivity index (χ4v) is 4.14. The van der Waals surface area contributed by atoms with Gasteiger partial charge in [0, 0.05) is 44.3 Å². The van der Waals surface area contributed by atoms with E-state index in [1.165, 1.54) is 12.5 Å². The lowest BCUT2D eigenvalue weighted by molar-refractivity contribution is -0.116. The number of hydrogen-bond acceptors (Lipinski definition) is 5. The van der Waals surface area contributed by atoms with Crippen molar-refractivity contribution in [3.8, 4) is 5.75 Å². The van der Waals surface area contributed by atoms with Crippen LogP contribution in [0, 0.1) is 5.92 Å². The number of hydrogen-bond donors (Lipinski definition) is 1. The summed E-state index contributed by atoms with van der Waals surface area (Å²) in [6.45, 7) is 5.89. The Bertz CT molecular complexity index is 916. The van der Waals surface area contributed by atoms with Gasteiger partial charge in [-0.3, -0.25) is 9.69 Å². The number of likely N-dealkylation sites (N-methyl/N-ethyl adjacent to an activating group) is 1. The van der Waals surface area contributed by atoms with E-state index in [4.69, 9.17) is 13.9 Å². The molecule has 0 bridgehead atoms. The van der Waals surface area contributed by atoms with Gasteiger partial charge in [0.2, 0.25) is 5.91 Å². The number of carbonyl (C=O) groups excluding carboxylic acids is 1. The molecule has 2 aliphatic rings. The monoisotopic (exact) mass is 438 g/mol. The van der Waals surface area contributed by atoms with Gasteiger partial charge in [-0.15, -0.1) is 0 Å². The average molecular weight is 439 g/mol. The molecule has 2 fully saturated rings. The van der Waals surface area contributed by atoms with E-state index >= 15 is 0 Å². The molecule has 1 saturated heterocycles. The zero-order chi connectivity index (χ0) is 22.3. The summed E-state index contributed by atoms with van der Waals surface area (Å²) in [6.07, 6.45) is 6.60. The van der Waals surface area contributed by atoms with Crippen molar-refractivity contribution in [2.45, 2.75) is 44.7 Å². The highest BCUT2D eigenvalue weighted by atomic mass is 16.5. The lowest BCUT2D eigenvalue weighted by atomic mass is 10.1. The fraction of sp³-hybridized carbons (Fsp3) is 0.500. The van der Waals surface area contributed by atoms with Crippen LogP contribution in [0.3, 0.4) is 0 Å². The Morgan fingerprint density at radius 3 is 2.84 bits per heavy atom. The van der Waals surface area contributed by atoms with Crippen molar-refractivity contribution in [2.24, 2.45) is 5.92 Å². The van der Waals surface area contributed by atoms with Gasteiger partial charge < -0.3 is 19.2 Å².